The van der Waals surface area contributed by atoms with E-state index in [1.54, 1.807) is 20.8 Å². The summed E-state index contributed by atoms with van der Waals surface area (Å²) in [6.45, 7) is 7.58. The molecule has 0 aliphatic rings. The first-order valence-electron chi connectivity index (χ1n) is 8.71. The quantitative estimate of drug-likeness (QED) is 0.409. The van der Waals surface area contributed by atoms with Gasteiger partial charge in [-0.2, -0.15) is 0 Å². The average Bonchev–Trinajstić information content (AvgIpc) is 2.38. The van der Waals surface area contributed by atoms with Crippen molar-refractivity contribution in [3.05, 3.63) is 0 Å². The summed E-state index contributed by atoms with van der Waals surface area (Å²) in [7, 11) is 0. The molecule has 1 N–H and O–H groups in total. The molecule has 22 heavy (non-hydrogen) atoms. The van der Waals surface area contributed by atoms with Crippen LogP contribution < -0.4 is 0 Å². The third kappa shape index (κ3) is 12.7. The maximum atomic E-state index is 11.7. The molecule has 0 aromatic heterocycles. The second-order valence-corrected chi connectivity index (χ2v) is 7.09. The molecule has 0 aromatic carbocycles. The van der Waals surface area contributed by atoms with Gasteiger partial charge in [-0.3, -0.25) is 9.59 Å². The summed E-state index contributed by atoms with van der Waals surface area (Å²) in [5.74, 6) is -1.93. The number of carboxylic acids is 1. The molecule has 0 radical (unpaired) electrons. The number of unbranched alkanes of at least 4 members (excludes halogenated alkanes) is 7. The minimum atomic E-state index is -0.895. The van der Waals surface area contributed by atoms with Gasteiger partial charge in [-0.15, -0.1) is 0 Å². The summed E-state index contributed by atoms with van der Waals surface area (Å²) in [6.07, 6.45) is 9.96. The summed E-state index contributed by atoms with van der Waals surface area (Å²) in [6, 6.07) is 0. The Morgan fingerprint density at radius 1 is 0.955 bits per heavy atom. The zero-order chi connectivity index (χ0) is 17.0. The highest BCUT2D eigenvalue weighted by Gasteiger charge is 2.24. The number of hydrogen-bond acceptors (Lipinski definition) is 3. The molecule has 0 rings (SSSR count). The van der Waals surface area contributed by atoms with Crippen LogP contribution in [0, 0.1) is 5.92 Å². The molecule has 4 nitrogen and oxygen atoms in total. The van der Waals surface area contributed by atoms with Gasteiger partial charge in [0.25, 0.3) is 0 Å². The third-order valence-corrected chi connectivity index (χ3v) is 3.59. The van der Waals surface area contributed by atoms with Crippen LogP contribution in [0.3, 0.4) is 0 Å². The van der Waals surface area contributed by atoms with Crippen molar-refractivity contribution in [3.8, 4) is 0 Å². The van der Waals surface area contributed by atoms with Gasteiger partial charge >= 0.3 is 11.9 Å². The number of rotatable bonds is 12. The molecule has 130 valence electrons. The van der Waals surface area contributed by atoms with Crippen LogP contribution in [0.5, 0.6) is 0 Å². The van der Waals surface area contributed by atoms with E-state index in [1.165, 1.54) is 32.1 Å². The van der Waals surface area contributed by atoms with Crippen LogP contribution in [0.1, 0.15) is 91.9 Å². The number of esters is 1. The number of ether oxygens (including phenoxy) is 1. The zero-order valence-corrected chi connectivity index (χ0v) is 14.8. The van der Waals surface area contributed by atoms with Crippen LogP contribution >= 0.6 is 0 Å². The fourth-order valence-electron chi connectivity index (χ4n) is 2.42. The molecule has 0 fully saturated rings. The molecule has 4 heteroatoms. The van der Waals surface area contributed by atoms with Crippen LogP contribution in [-0.2, 0) is 14.3 Å². The first-order chi connectivity index (χ1) is 10.3. The standard InChI is InChI=1S/C18H34O4/c1-5-6-7-8-9-10-11-12-13-15(17(20)21)14-16(19)22-18(2,3)4/h15H,5-14H2,1-4H3,(H,20,21). The molecule has 0 heterocycles. The molecule has 1 atom stereocenters. The lowest BCUT2D eigenvalue weighted by Crippen LogP contribution is -2.27. The van der Waals surface area contributed by atoms with Crippen LogP contribution in [0.15, 0.2) is 0 Å². The van der Waals surface area contributed by atoms with E-state index in [0.29, 0.717) is 6.42 Å². The van der Waals surface area contributed by atoms with E-state index >= 15 is 0 Å². The minimum Gasteiger partial charge on any atom is -0.481 e. The Hall–Kier alpha value is -1.06. The van der Waals surface area contributed by atoms with Gasteiger partial charge in [-0.05, 0) is 27.2 Å². The lowest BCUT2D eigenvalue weighted by molar-refractivity contribution is -0.160. The van der Waals surface area contributed by atoms with Crippen molar-refractivity contribution in [2.45, 2.75) is 97.5 Å². The molecular weight excluding hydrogens is 280 g/mol. The van der Waals surface area contributed by atoms with Crippen molar-refractivity contribution < 1.29 is 19.4 Å². The maximum Gasteiger partial charge on any atom is 0.307 e. The number of hydrogen-bond donors (Lipinski definition) is 1. The van der Waals surface area contributed by atoms with E-state index in [1.807, 2.05) is 0 Å². The Morgan fingerprint density at radius 3 is 1.91 bits per heavy atom. The van der Waals surface area contributed by atoms with E-state index in [2.05, 4.69) is 6.92 Å². The van der Waals surface area contributed by atoms with Gasteiger partial charge in [-0.25, -0.2) is 0 Å². The maximum absolute atomic E-state index is 11.7. The average molecular weight is 314 g/mol. The van der Waals surface area contributed by atoms with Gasteiger partial charge in [-0.1, -0.05) is 58.3 Å². The zero-order valence-electron chi connectivity index (χ0n) is 14.8. The summed E-state index contributed by atoms with van der Waals surface area (Å²) in [5.41, 5.74) is -0.557. The Balaban J connectivity index is 3.87. The molecular formula is C18H34O4. The predicted octanol–water partition coefficient (Wildman–Crippen LogP) is 4.95. The molecule has 0 saturated heterocycles. The molecule has 0 amide bonds. The van der Waals surface area contributed by atoms with Crippen molar-refractivity contribution in [2.75, 3.05) is 0 Å². The first-order valence-corrected chi connectivity index (χ1v) is 8.71. The molecule has 0 aliphatic carbocycles. The van der Waals surface area contributed by atoms with Crippen LogP contribution in [0.2, 0.25) is 0 Å². The van der Waals surface area contributed by atoms with Crippen molar-refractivity contribution >= 4 is 11.9 Å². The van der Waals surface area contributed by atoms with Crippen molar-refractivity contribution in [1.29, 1.82) is 0 Å². The summed E-state index contributed by atoms with van der Waals surface area (Å²) in [4.78, 5) is 23.0. The molecule has 0 bridgehead atoms. The Morgan fingerprint density at radius 2 is 1.45 bits per heavy atom. The SMILES string of the molecule is CCCCCCCCCCC(CC(=O)OC(C)(C)C)C(=O)O. The van der Waals surface area contributed by atoms with Gasteiger partial charge in [0.2, 0.25) is 0 Å². The van der Waals surface area contributed by atoms with E-state index < -0.39 is 23.5 Å². The second kappa shape index (κ2) is 11.5. The lowest BCUT2D eigenvalue weighted by Gasteiger charge is -2.21. The normalized spacial score (nSPS) is 12.9. The Kier molecular flexibility index (Phi) is 10.9. The number of aliphatic carboxylic acids is 1. The molecule has 1 unspecified atom stereocenters. The van der Waals surface area contributed by atoms with Gasteiger partial charge in [0, 0.05) is 0 Å². The fraction of sp³-hybridized carbons (Fsp3) is 0.889. The molecule has 0 spiro atoms. The highest BCUT2D eigenvalue weighted by atomic mass is 16.6. The van der Waals surface area contributed by atoms with E-state index in [-0.39, 0.29) is 6.42 Å². The number of carbonyl (C=O) groups excluding carboxylic acids is 1. The summed E-state index contributed by atoms with van der Waals surface area (Å²) in [5, 5.41) is 9.21. The Bertz CT molecular complexity index is 318. The van der Waals surface area contributed by atoms with E-state index in [9.17, 15) is 14.7 Å². The van der Waals surface area contributed by atoms with Gasteiger partial charge in [0.1, 0.15) is 5.60 Å². The van der Waals surface area contributed by atoms with Gasteiger partial charge in [0.15, 0.2) is 0 Å². The van der Waals surface area contributed by atoms with E-state index in [4.69, 9.17) is 4.74 Å². The smallest absolute Gasteiger partial charge is 0.307 e. The first kappa shape index (κ1) is 20.9. The molecule has 0 aromatic rings. The van der Waals surface area contributed by atoms with Crippen LogP contribution in [-0.4, -0.2) is 22.6 Å². The van der Waals surface area contributed by atoms with E-state index in [0.717, 1.165) is 19.3 Å². The second-order valence-electron chi connectivity index (χ2n) is 7.09. The largest absolute Gasteiger partial charge is 0.481 e. The van der Waals surface area contributed by atoms with Crippen LogP contribution in [0.25, 0.3) is 0 Å². The summed E-state index contributed by atoms with van der Waals surface area (Å²) < 4.78 is 5.20. The van der Waals surface area contributed by atoms with Gasteiger partial charge in [0.05, 0.1) is 12.3 Å². The van der Waals surface area contributed by atoms with Crippen molar-refractivity contribution in [1.82, 2.24) is 0 Å². The highest BCUT2D eigenvalue weighted by molar-refractivity contribution is 5.78. The monoisotopic (exact) mass is 314 g/mol. The van der Waals surface area contributed by atoms with Crippen molar-refractivity contribution in [2.24, 2.45) is 5.92 Å². The topological polar surface area (TPSA) is 63.6 Å². The van der Waals surface area contributed by atoms with Gasteiger partial charge < -0.3 is 9.84 Å². The predicted molar refractivity (Wildman–Crippen MR) is 88.8 cm³/mol. The number of carboxylic acid groups (broad SMARTS) is 1. The number of carbonyl (C=O) groups is 2. The van der Waals surface area contributed by atoms with Crippen molar-refractivity contribution in [3.63, 3.8) is 0 Å². The Labute approximate surface area is 135 Å². The molecule has 0 saturated carbocycles. The van der Waals surface area contributed by atoms with Crippen LogP contribution in [0.4, 0.5) is 0 Å². The summed E-state index contributed by atoms with van der Waals surface area (Å²) >= 11 is 0. The third-order valence-electron chi connectivity index (χ3n) is 3.59. The molecule has 0 aliphatic heterocycles. The highest BCUT2D eigenvalue weighted by Crippen LogP contribution is 2.18. The minimum absolute atomic E-state index is 0.0247. The fourth-order valence-corrected chi connectivity index (χ4v) is 2.42. The lowest BCUT2D eigenvalue weighted by atomic mass is 9.97.